The van der Waals surface area contributed by atoms with Crippen LogP contribution in [0.4, 0.5) is 0 Å². The van der Waals surface area contributed by atoms with Crippen LogP contribution in [-0.4, -0.2) is 45.9 Å². The molecule has 0 spiro atoms. The Labute approximate surface area is 147 Å². The maximum Gasteiger partial charge on any atom is 0.267 e. The minimum absolute atomic E-state index is 0.00409. The lowest BCUT2D eigenvalue weighted by atomic mass is 10.0. The molecular weight excluding hydrogens is 318 g/mol. The first-order valence-electron chi connectivity index (χ1n) is 8.83. The molecule has 0 aliphatic carbocycles. The summed E-state index contributed by atoms with van der Waals surface area (Å²) in [5.41, 5.74) is 1.14. The number of hydrogen-bond acceptors (Lipinski definition) is 4. The van der Waals surface area contributed by atoms with E-state index in [9.17, 15) is 4.79 Å². The van der Waals surface area contributed by atoms with Gasteiger partial charge in [-0.2, -0.15) is 5.10 Å². The molecule has 1 aromatic heterocycles. The number of benzene rings is 1. The number of hydrogen-bond donors (Lipinski definition) is 0. The normalized spacial score (nSPS) is 25.7. The fraction of sp³-hybridized carbons (Fsp3) is 0.474. The van der Waals surface area contributed by atoms with Gasteiger partial charge in [-0.1, -0.05) is 12.1 Å². The van der Waals surface area contributed by atoms with Crippen molar-refractivity contribution in [3.05, 3.63) is 42.2 Å². The van der Waals surface area contributed by atoms with E-state index in [0.717, 1.165) is 24.9 Å². The van der Waals surface area contributed by atoms with Crippen LogP contribution >= 0.6 is 0 Å². The van der Waals surface area contributed by atoms with E-state index in [0.29, 0.717) is 18.0 Å². The molecule has 1 fully saturated rings. The van der Waals surface area contributed by atoms with Crippen LogP contribution in [0.25, 0.3) is 0 Å². The largest absolute Gasteiger partial charge is 0.482 e. The van der Waals surface area contributed by atoms with Gasteiger partial charge in [0.15, 0.2) is 11.5 Å². The predicted octanol–water partition coefficient (Wildman–Crippen LogP) is 2.58. The highest BCUT2D eigenvalue weighted by molar-refractivity contribution is 5.82. The van der Waals surface area contributed by atoms with E-state index in [1.807, 2.05) is 60.1 Å². The molecule has 1 saturated heterocycles. The first-order valence-corrected chi connectivity index (χ1v) is 8.83. The van der Waals surface area contributed by atoms with Gasteiger partial charge in [0.1, 0.15) is 6.10 Å². The van der Waals surface area contributed by atoms with E-state index in [-0.39, 0.29) is 18.1 Å². The smallest absolute Gasteiger partial charge is 0.267 e. The molecule has 0 bridgehead atoms. The summed E-state index contributed by atoms with van der Waals surface area (Å²) in [6.45, 7) is 5.33. The molecule has 4 rings (SSSR count). The van der Waals surface area contributed by atoms with E-state index < -0.39 is 6.10 Å². The molecule has 132 valence electrons. The van der Waals surface area contributed by atoms with Gasteiger partial charge in [-0.05, 0) is 44.4 Å². The van der Waals surface area contributed by atoms with Gasteiger partial charge in [-0.15, -0.1) is 0 Å². The zero-order chi connectivity index (χ0) is 17.4. The first-order chi connectivity index (χ1) is 12.1. The van der Waals surface area contributed by atoms with Crippen molar-refractivity contribution in [1.82, 2.24) is 14.7 Å². The van der Waals surface area contributed by atoms with E-state index in [1.54, 1.807) is 0 Å². The zero-order valence-electron chi connectivity index (χ0n) is 14.6. The first kappa shape index (κ1) is 16.0. The molecule has 25 heavy (non-hydrogen) atoms. The van der Waals surface area contributed by atoms with Gasteiger partial charge in [-0.25, -0.2) is 0 Å². The molecule has 3 heterocycles. The molecule has 0 radical (unpaired) electrons. The summed E-state index contributed by atoms with van der Waals surface area (Å²) < 4.78 is 13.8. The Morgan fingerprint density at radius 1 is 1.24 bits per heavy atom. The molecule has 2 aliphatic rings. The summed E-state index contributed by atoms with van der Waals surface area (Å²) in [6.07, 6.45) is 4.98. The number of nitrogens with zero attached hydrogens (tertiary/aromatic N) is 3. The topological polar surface area (TPSA) is 56.6 Å². The number of fused-ring (bicyclic) bond motifs is 1. The second kappa shape index (κ2) is 6.43. The Morgan fingerprint density at radius 2 is 2.00 bits per heavy atom. The van der Waals surface area contributed by atoms with Crippen LogP contribution in [0.3, 0.4) is 0 Å². The third kappa shape index (κ3) is 3.08. The summed E-state index contributed by atoms with van der Waals surface area (Å²) in [5.74, 6) is 1.33. The van der Waals surface area contributed by atoms with Crippen molar-refractivity contribution in [3.63, 3.8) is 0 Å². The molecule has 2 aliphatic heterocycles. The number of piperidine rings is 1. The van der Waals surface area contributed by atoms with Crippen molar-refractivity contribution < 1.29 is 14.3 Å². The van der Waals surface area contributed by atoms with Gasteiger partial charge in [0.05, 0.1) is 12.2 Å². The zero-order valence-corrected chi connectivity index (χ0v) is 14.6. The van der Waals surface area contributed by atoms with Crippen LogP contribution in [0.2, 0.25) is 0 Å². The molecule has 0 unspecified atom stereocenters. The van der Waals surface area contributed by atoms with Crippen LogP contribution in [0.5, 0.6) is 11.5 Å². The van der Waals surface area contributed by atoms with Crippen molar-refractivity contribution in [1.29, 1.82) is 0 Å². The summed E-state index contributed by atoms with van der Waals surface area (Å²) in [6, 6.07) is 7.71. The molecule has 3 atom stereocenters. The number of likely N-dealkylation sites (tertiary alicyclic amines) is 1. The van der Waals surface area contributed by atoms with E-state index >= 15 is 0 Å². The predicted molar refractivity (Wildman–Crippen MR) is 92.8 cm³/mol. The van der Waals surface area contributed by atoms with Gasteiger partial charge < -0.3 is 14.4 Å². The van der Waals surface area contributed by atoms with Crippen molar-refractivity contribution in [3.8, 4) is 11.5 Å². The summed E-state index contributed by atoms with van der Waals surface area (Å²) in [7, 11) is 0. The van der Waals surface area contributed by atoms with Crippen molar-refractivity contribution in [2.24, 2.45) is 0 Å². The minimum atomic E-state index is -0.604. The van der Waals surface area contributed by atoms with E-state index in [2.05, 4.69) is 5.10 Å². The highest BCUT2D eigenvalue weighted by Gasteiger charge is 2.38. The van der Waals surface area contributed by atoms with Gasteiger partial charge in [-0.3, -0.25) is 9.48 Å². The summed E-state index contributed by atoms with van der Waals surface area (Å²) in [5, 5.41) is 4.41. The third-order valence-corrected chi connectivity index (χ3v) is 4.90. The Hall–Kier alpha value is -2.50. The molecule has 1 aromatic carbocycles. The number of aryl methyl sites for hydroxylation is 1. The molecule has 0 saturated carbocycles. The van der Waals surface area contributed by atoms with Gasteiger partial charge in [0.2, 0.25) is 6.10 Å². The van der Waals surface area contributed by atoms with Crippen molar-refractivity contribution in [2.75, 3.05) is 13.1 Å². The number of ether oxygens (including phenoxy) is 2. The lowest BCUT2D eigenvalue weighted by Crippen LogP contribution is -2.53. The van der Waals surface area contributed by atoms with Crippen LogP contribution in [0.1, 0.15) is 31.4 Å². The second-order valence-electron chi connectivity index (χ2n) is 6.89. The number of rotatable bonds is 2. The maximum atomic E-state index is 13.0. The van der Waals surface area contributed by atoms with Gasteiger partial charge >= 0.3 is 0 Å². The van der Waals surface area contributed by atoms with Crippen molar-refractivity contribution in [2.45, 2.75) is 44.9 Å². The Balaban J connectivity index is 1.49. The average Bonchev–Trinajstić information content (AvgIpc) is 3.07. The number of aromatic nitrogens is 2. The highest BCUT2D eigenvalue weighted by Crippen LogP contribution is 2.34. The Morgan fingerprint density at radius 3 is 2.72 bits per heavy atom. The van der Waals surface area contributed by atoms with Crippen molar-refractivity contribution >= 4 is 5.91 Å². The fourth-order valence-electron chi connectivity index (χ4n) is 3.57. The molecule has 6 heteroatoms. The summed E-state index contributed by atoms with van der Waals surface area (Å²) >= 11 is 0. The van der Waals surface area contributed by atoms with Crippen LogP contribution in [0.15, 0.2) is 36.7 Å². The standard InChI is InChI=1S/C19H23N3O3/c1-13-10-20-22(11-13)15-6-5-9-21(12-15)19(23)18-14(2)24-16-7-3-4-8-17(16)25-18/h3-4,7-8,10-11,14-15,18H,5-6,9,12H2,1-2H3/t14-,15+,18+/m0/s1. The van der Waals surface area contributed by atoms with Gasteiger partial charge in [0, 0.05) is 19.3 Å². The number of amides is 1. The average molecular weight is 341 g/mol. The highest BCUT2D eigenvalue weighted by atomic mass is 16.6. The van der Waals surface area contributed by atoms with Gasteiger partial charge in [0.25, 0.3) is 5.91 Å². The monoisotopic (exact) mass is 341 g/mol. The second-order valence-corrected chi connectivity index (χ2v) is 6.89. The number of carbonyl (C=O) groups is 1. The lowest BCUT2D eigenvalue weighted by Gasteiger charge is -2.38. The number of para-hydroxylation sites is 2. The van der Waals surface area contributed by atoms with Crippen LogP contribution in [-0.2, 0) is 4.79 Å². The molecule has 6 nitrogen and oxygen atoms in total. The lowest BCUT2D eigenvalue weighted by molar-refractivity contribution is -0.146. The maximum absolute atomic E-state index is 13.0. The Kier molecular flexibility index (Phi) is 4.11. The minimum Gasteiger partial charge on any atom is -0.482 e. The third-order valence-electron chi connectivity index (χ3n) is 4.90. The molecule has 2 aromatic rings. The molecule has 1 amide bonds. The quantitative estimate of drug-likeness (QED) is 0.842. The SMILES string of the molecule is Cc1cnn([C@@H]2CCCN(C(=O)[C@@H]3Oc4ccccc4O[C@H]3C)C2)c1. The van der Waals surface area contributed by atoms with E-state index in [1.165, 1.54) is 0 Å². The number of carbonyl (C=O) groups excluding carboxylic acids is 1. The Bertz CT molecular complexity index is 773. The fourth-order valence-corrected chi connectivity index (χ4v) is 3.57. The van der Waals surface area contributed by atoms with Crippen LogP contribution in [0, 0.1) is 6.92 Å². The summed E-state index contributed by atoms with van der Waals surface area (Å²) in [4.78, 5) is 14.9. The molecular formula is C19H23N3O3. The molecule has 0 N–H and O–H groups in total. The van der Waals surface area contributed by atoms with Crippen LogP contribution < -0.4 is 9.47 Å². The van der Waals surface area contributed by atoms with E-state index in [4.69, 9.17) is 9.47 Å².